The summed E-state index contributed by atoms with van der Waals surface area (Å²) in [5.41, 5.74) is 2.05. The highest BCUT2D eigenvalue weighted by molar-refractivity contribution is 9.10. The Morgan fingerprint density at radius 2 is 2.06 bits per heavy atom. The lowest BCUT2D eigenvalue weighted by molar-refractivity contribution is -0.121. The summed E-state index contributed by atoms with van der Waals surface area (Å²) in [5.74, 6) is 0.152. The van der Waals surface area contributed by atoms with Gasteiger partial charge in [0.05, 0.1) is 5.69 Å². The highest BCUT2D eigenvalue weighted by Gasteiger charge is 2.40. The molecule has 2 nitrogen and oxygen atoms in total. The Labute approximate surface area is 121 Å². The molecule has 0 bridgehead atoms. The van der Waals surface area contributed by atoms with Crippen LogP contribution in [0, 0.1) is 5.92 Å². The van der Waals surface area contributed by atoms with Gasteiger partial charge in [0.1, 0.15) is 0 Å². The Kier molecular flexibility index (Phi) is 3.50. The number of hydrogen-bond acceptors (Lipinski definition) is 1. The zero-order chi connectivity index (χ0) is 13.7. The number of amides is 1. The summed E-state index contributed by atoms with van der Waals surface area (Å²) in [7, 11) is 0. The van der Waals surface area contributed by atoms with Crippen LogP contribution in [0.15, 0.2) is 16.6 Å². The predicted octanol–water partition coefficient (Wildman–Crippen LogP) is 4.38. The maximum absolute atomic E-state index is 12.3. The molecule has 0 fully saturated rings. The fraction of sp³-hybridized carbons (Fsp3) is 0.500. The van der Waals surface area contributed by atoms with Crippen LogP contribution in [0.5, 0.6) is 0 Å². The van der Waals surface area contributed by atoms with Crippen molar-refractivity contribution in [2.45, 2.75) is 33.1 Å². The Hall–Kier alpha value is -0.540. The topological polar surface area (TPSA) is 20.3 Å². The molecule has 0 radical (unpaired) electrons. The van der Waals surface area contributed by atoms with Gasteiger partial charge in [-0.2, -0.15) is 0 Å². The SMILES string of the molecule is CC(C)C(=O)N1CC(C)(C)c2cc(Cl)cc(Br)c21. The average molecular weight is 331 g/mol. The van der Waals surface area contributed by atoms with Crippen molar-refractivity contribution in [3.8, 4) is 0 Å². The summed E-state index contributed by atoms with van der Waals surface area (Å²) in [6.07, 6.45) is 0. The van der Waals surface area contributed by atoms with Gasteiger partial charge in [0.25, 0.3) is 0 Å². The fourth-order valence-electron chi connectivity index (χ4n) is 2.42. The molecule has 0 spiro atoms. The second-order valence-corrected chi connectivity index (χ2v) is 7.04. The van der Waals surface area contributed by atoms with Crippen LogP contribution in [-0.4, -0.2) is 12.5 Å². The average Bonchev–Trinajstić information content (AvgIpc) is 2.50. The molecule has 1 amide bonds. The molecule has 1 aliphatic rings. The molecule has 4 heteroatoms. The molecule has 0 aromatic heterocycles. The van der Waals surface area contributed by atoms with Gasteiger partial charge in [-0.05, 0) is 33.6 Å². The monoisotopic (exact) mass is 329 g/mol. The van der Waals surface area contributed by atoms with Crippen molar-refractivity contribution in [3.63, 3.8) is 0 Å². The molecule has 98 valence electrons. The number of benzene rings is 1. The van der Waals surface area contributed by atoms with Crippen molar-refractivity contribution in [3.05, 3.63) is 27.2 Å². The first-order valence-electron chi connectivity index (χ1n) is 6.05. The minimum Gasteiger partial charge on any atom is -0.310 e. The van der Waals surface area contributed by atoms with Crippen LogP contribution in [0.4, 0.5) is 5.69 Å². The lowest BCUT2D eigenvalue weighted by atomic mass is 9.87. The third kappa shape index (κ3) is 2.19. The van der Waals surface area contributed by atoms with Crippen LogP contribution in [0.25, 0.3) is 0 Å². The van der Waals surface area contributed by atoms with Crippen LogP contribution in [0.2, 0.25) is 5.02 Å². The first-order valence-corrected chi connectivity index (χ1v) is 7.22. The van der Waals surface area contributed by atoms with Crippen molar-refractivity contribution in [1.29, 1.82) is 0 Å². The number of carbonyl (C=O) groups is 1. The number of carbonyl (C=O) groups excluding carboxylic acids is 1. The third-order valence-corrected chi connectivity index (χ3v) is 4.16. The minimum atomic E-state index is -0.0622. The summed E-state index contributed by atoms with van der Waals surface area (Å²) in [5, 5.41) is 0.701. The first-order chi connectivity index (χ1) is 8.24. The van der Waals surface area contributed by atoms with E-state index in [1.165, 1.54) is 0 Å². The van der Waals surface area contributed by atoms with E-state index in [1.807, 2.05) is 30.9 Å². The van der Waals surface area contributed by atoms with Crippen molar-refractivity contribution in [2.24, 2.45) is 5.92 Å². The molecule has 0 aliphatic carbocycles. The van der Waals surface area contributed by atoms with Gasteiger partial charge in [-0.3, -0.25) is 4.79 Å². The van der Waals surface area contributed by atoms with Crippen LogP contribution in [0.3, 0.4) is 0 Å². The van der Waals surface area contributed by atoms with Gasteiger partial charge in [0.2, 0.25) is 5.91 Å². The van der Waals surface area contributed by atoms with Crippen LogP contribution in [0.1, 0.15) is 33.3 Å². The Morgan fingerprint density at radius 1 is 1.44 bits per heavy atom. The van der Waals surface area contributed by atoms with Crippen LogP contribution in [-0.2, 0) is 10.2 Å². The van der Waals surface area contributed by atoms with Crippen molar-refractivity contribution < 1.29 is 4.79 Å². The van der Waals surface area contributed by atoms with E-state index in [9.17, 15) is 4.79 Å². The number of hydrogen-bond donors (Lipinski definition) is 0. The number of halogens is 2. The molecule has 0 unspecified atom stereocenters. The lowest BCUT2D eigenvalue weighted by Gasteiger charge is -2.22. The van der Waals surface area contributed by atoms with E-state index in [-0.39, 0.29) is 17.2 Å². The van der Waals surface area contributed by atoms with Crippen molar-refractivity contribution in [1.82, 2.24) is 0 Å². The molecular formula is C14H17BrClNO. The fourth-order valence-corrected chi connectivity index (χ4v) is 3.44. The number of rotatable bonds is 1. The van der Waals surface area contributed by atoms with Gasteiger partial charge < -0.3 is 4.90 Å². The molecular weight excluding hydrogens is 314 g/mol. The van der Waals surface area contributed by atoms with E-state index in [2.05, 4.69) is 29.8 Å². The number of anilines is 1. The molecule has 1 aliphatic heterocycles. The van der Waals surface area contributed by atoms with Crippen molar-refractivity contribution >= 4 is 39.1 Å². The molecule has 0 N–H and O–H groups in total. The maximum Gasteiger partial charge on any atom is 0.229 e. The third-order valence-electron chi connectivity index (χ3n) is 3.34. The smallest absolute Gasteiger partial charge is 0.229 e. The van der Waals surface area contributed by atoms with Gasteiger partial charge >= 0.3 is 0 Å². The first kappa shape index (κ1) is 13.9. The molecule has 1 aromatic carbocycles. The molecule has 0 atom stereocenters. The molecule has 18 heavy (non-hydrogen) atoms. The second kappa shape index (κ2) is 4.53. The Bertz CT molecular complexity index is 511. The quantitative estimate of drug-likeness (QED) is 0.748. The van der Waals surface area contributed by atoms with Gasteiger partial charge in [0.15, 0.2) is 0 Å². The van der Waals surface area contributed by atoms with Gasteiger partial charge in [-0.25, -0.2) is 0 Å². The highest BCUT2D eigenvalue weighted by atomic mass is 79.9. The molecule has 1 heterocycles. The van der Waals surface area contributed by atoms with E-state index in [4.69, 9.17) is 11.6 Å². The van der Waals surface area contributed by atoms with E-state index in [1.54, 1.807) is 0 Å². The largest absolute Gasteiger partial charge is 0.310 e. The zero-order valence-electron chi connectivity index (χ0n) is 11.1. The van der Waals surface area contributed by atoms with Gasteiger partial charge in [0, 0.05) is 27.4 Å². The zero-order valence-corrected chi connectivity index (χ0v) is 13.4. The van der Waals surface area contributed by atoms with Crippen molar-refractivity contribution in [2.75, 3.05) is 11.4 Å². The Balaban J connectivity index is 2.59. The summed E-state index contributed by atoms with van der Waals surface area (Å²) in [6.45, 7) is 8.84. The standard InChI is InChI=1S/C14H17BrClNO/c1-8(2)13(18)17-7-14(3,4)10-5-9(16)6-11(15)12(10)17/h5-6,8H,7H2,1-4H3. The number of nitrogens with zero attached hydrogens (tertiary/aromatic N) is 1. The van der Waals surface area contributed by atoms with Gasteiger partial charge in [-0.15, -0.1) is 0 Å². The summed E-state index contributed by atoms with van der Waals surface area (Å²) in [6, 6.07) is 3.82. The van der Waals surface area contributed by atoms with Gasteiger partial charge in [-0.1, -0.05) is 39.3 Å². The predicted molar refractivity (Wildman–Crippen MR) is 79.4 cm³/mol. The normalized spacial score (nSPS) is 17.2. The molecule has 0 saturated carbocycles. The van der Waals surface area contributed by atoms with E-state index in [0.29, 0.717) is 11.6 Å². The second-order valence-electron chi connectivity index (χ2n) is 5.75. The van der Waals surface area contributed by atoms with E-state index < -0.39 is 0 Å². The van der Waals surface area contributed by atoms with E-state index in [0.717, 1.165) is 15.7 Å². The minimum absolute atomic E-state index is 0.00525. The molecule has 1 aromatic rings. The lowest BCUT2D eigenvalue weighted by Crippen LogP contribution is -2.36. The highest BCUT2D eigenvalue weighted by Crippen LogP contribution is 2.46. The summed E-state index contributed by atoms with van der Waals surface area (Å²) >= 11 is 9.64. The number of fused-ring (bicyclic) bond motifs is 1. The van der Waals surface area contributed by atoms with Crippen LogP contribution < -0.4 is 4.90 Å². The maximum atomic E-state index is 12.3. The van der Waals surface area contributed by atoms with Crippen LogP contribution >= 0.6 is 27.5 Å². The molecule has 0 saturated heterocycles. The molecule has 2 rings (SSSR count). The van der Waals surface area contributed by atoms with E-state index >= 15 is 0 Å². The summed E-state index contributed by atoms with van der Waals surface area (Å²) < 4.78 is 0.893. The Morgan fingerprint density at radius 3 is 2.61 bits per heavy atom. The summed E-state index contributed by atoms with van der Waals surface area (Å²) in [4.78, 5) is 14.2.